The second-order valence-corrected chi connectivity index (χ2v) is 6.07. The van der Waals surface area contributed by atoms with E-state index in [2.05, 4.69) is 4.74 Å². The Labute approximate surface area is 160 Å². The number of carboxylic acid groups (broad SMARTS) is 2. The molecular formula is C16H26O12. The van der Waals surface area contributed by atoms with Gasteiger partial charge < -0.3 is 40.1 Å². The van der Waals surface area contributed by atoms with Gasteiger partial charge in [-0.05, 0) is 26.2 Å². The number of carboxylic acids is 2. The van der Waals surface area contributed by atoms with Crippen LogP contribution in [0.3, 0.4) is 0 Å². The highest BCUT2D eigenvalue weighted by atomic mass is 16.6. The minimum atomic E-state index is -2.27. The molecule has 0 aliphatic carbocycles. The Hall–Kier alpha value is -2.28. The van der Waals surface area contributed by atoms with Crippen LogP contribution >= 0.6 is 0 Å². The van der Waals surface area contributed by atoms with Crippen molar-refractivity contribution in [3.63, 3.8) is 0 Å². The molecule has 28 heavy (non-hydrogen) atoms. The summed E-state index contributed by atoms with van der Waals surface area (Å²) in [5.41, 5.74) is 0. The third kappa shape index (κ3) is 9.60. The molecule has 0 spiro atoms. The number of aliphatic hydroxyl groups is 4. The molecule has 0 heterocycles. The van der Waals surface area contributed by atoms with Gasteiger partial charge in [-0.1, -0.05) is 12.8 Å². The zero-order chi connectivity index (χ0) is 21.9. The predicted molar refractivity (Wildman–Crippen MR) is 88.9 cm³/mol. The quantitative estimate of drug-likeness (QED) is 0.136. The van der Waals surface area contributed by atoms with Crippen LogP contribution in [-0.2, 0) is 28.7 Å². The molecule has 162 valence electrons. The molecule has 0 rings (SSSR count). The lowest BCUT2D eigenvalue weighted by atomic mass is 10.1. The van der Waals surface area contributed by atoms with Gasteiger partial charge in [0.25, 0.3) is 0 Å². The van der Waals surface area contributed by atoms with Crippen molar-refractivity contribution >= 4 is 23.9 Å². The van der Waals surface area contributed by atoms with Crippen molar-refractivity contribution in [3.05, 3.63) is 0 Å². The van der Waals surface area contributed by atoms with Crippen molar-refractivity contribution in [2.45, 2.75) is 69.5 Å². The van der Waals surface area contributed by atoms with E-state index in [1.165, 1.54) is 6.92 Å². The highest BCUT2D eigenvalue weighted by molar-refractivity contribution is 5.84. The van der Waals surface area contributed by atoms with E-state index in [-0.39, 0.29) is 6.61 Å². The molecule has 0 aliphatic rings. The molecule has 0 aromatic rings. The molecule has 0 aromatic heterocycles. The van der Waals surface area contributed by atoms with Crippen LogP contribution in [0.5, 0.6) is 0 Å². The number of aliphatic carboxylic acids is 2. The largest absolute Gasteiger partial charge is 0.479 e. The normalized spacial score (nSPS) is 16.3. The summed E-state index contributed by atoms with van der Waals surface area (Å²) in [6, 6.07) is 0. The van der Waals surface area contributed by atoms with Crippen LogP contribution in [0, 0.1) is 0 Å². The van der Waals surface area contributed by atoms with E-state index in [4.69, 9.17) is 25.2 Å². The van der Waals surface area contributed by atoms with E-state index in [0.29, 0.717) is 32.1 Å². The highest BCUT2D eigenvalue weighted by Crippen LogP contribution is 2.10. The second-order valence-electron chi connectivity index (χ2n) is 6.07. The maximum atomic E-state index is 11.5. The van der Waals surface area contributed by atoms with Gasteiger partial charge >= 0.3 is 23.9 Å². The van der Waals surface area contributed by atoms with Crippen molar-refractivity contribution in [1.29, 1.82) is 0 Å². The van der Waals surface area contributed by atoms with Gasteiger partial charge in [-0.2, -0.15) is 0 Å². The molecule has 0 aromatic carbocycles. The summed E-state index contributed by atoms with van der Waals surface area (Å²) in [4.78, 5) is 43.6. The number of aliphatic hydroxyl groups excluding tert-OH is 4. The zero-order valence-electron chi connectivity index (χ0n) is 15.3. The Bertz CT molecular complexity index is 534. The van der Waals surface area contributed by atoms with Gasteiger partial charge in [0.1, 0.15) is 0 Å². The van der Waals surface area contributed by atoms with Crippen LogP contribution in [0.4, 0.5) is 0 Å². The second kappa shape index (κ2) is 13.0. The van der Waals surface area contributed by atoms with Crippen molar-refractivity contribution in [2.75, 3.05) is 6.61 Å². The topological polar surface area (TPSA) is 208 Å². The van der Waals surface area contributed by atoms with E-state index in [1.54, 1.807) is 0 Å². The number of hydrogen-bond acceptors (Lipinski definition) is 10. The summed E-state index contributed by atoms with van der Waals surface area (Å²) in [6.45, 7) is 1.46. The molecular weight excluding hydrogens is 384 g/mol. The fourth-order valence-electron chi connectivity index (χ4n) is 2.00. The Morgan fingerprint density at radius 1 is 0.714 bits per heavy atom. The minimum absolute atomic E-state index is 0.0773. The van der Waals surface area contributed by atoms with Gasteiger partial charge in [0, 0.05) is 0 Å². The Morgan fingerprint density at radius 3 is 1.68 bits per heavy atom. The minimum Gasteiger partial charge on any atom is -0.479 e. The average Bonchev–Trinajstić information content (AvgIpc) is 2.63. The standard InChI is InChI=1S/C16H26O12/c1-8(28-16(26)12(20)10(18)14(23)24)6-4-2-3-5-7-27-15(25)11(19)9(17)13(21)22/h8-12,17-20H,2-7H2,1H3,(H,21,22)(H,23,24). The van der Waals surface area contributed by atoms with Crippen LogP contribution < -0.4 is 0 Å². The maximum absolute atomic E-state index is 11.5. The maximum Gasteiger partial charge on any atom is 0.338 e. The number of unbranched alkanes of at least 4 members (excludes halogenated alkanes) is 3. The Balaban J connectivity index is 3.88. The van der Waals surface area contributed by atoms with E-state index in [1.807, 2.05) is 0 Å². The van der Waals surface area contributed by atoms with Crippen molar-refractivity contribution in [3.8, 4) is 0 Å². The smallest absolute Gasteiger partial charge is 0.338 e. The van der Waals surface area contributed by atoms with Gasteiger partial charge in [0.05, 0.1) is 12.7 Å². The summed E-state index contributed by atoms with van der Waals surface area (Å²) in [6.07, 6.45) is -6.80. The molecule has 0 bridgehead atoms. The van der Waals surface area contributed by atoms with Gasteiger partial charge in [-0.25, -0.2) is 19.2 Å². The number of carbonyl (C=O) groups excluding carboxylic acids is 2. The Morgan fingerprint density at radius 2 is 1.18 bits per heavy atom. The van der Waals surface area contributed by atoms with Crippen LogP contribution in [0.2, 0.25) is 0 Å². The third-order valence-electron chi connectivity index (χ3n) is 3.65. The lowest BCUT2D eigenvalue weighted by Crippen LogP contribution is -2.41. The lowest BCUT2D eigenvalue weighted by Gasteiger charge is -2.17. The fraction of sp³-hybridized carbons (Fsp3) is 0.750. The van der Waals surface area contributed by atoms with E-state index < -0.39 is 54.4 Å². The van der Waals surface area contributed by atoms with Gasteiger partial charge in [0.2, 0.25) is 0 Å². The molecule has 0 saturated heterocycles. The Kier molecular flexibility index (Phi) is 11.9. The summed E-state index contributed by atoms with van der Waals surface area (Å²) in [5.74, 6) is -5.97. The first-order valence-corrected chi connectivity index (χ1v) is 8.54. The summed E-state index contributed by atoms with van der Waals surface area (Å²) < 4.78 is 9.47. The molecule has 5 unspecified atom stereocenters. The molecule has 0 fully saturated rings. The van der Waals surface area contributed by atoms with Gasteiger partial charge in [0.15, 0.2) is 24.4 Å². The monoisotopic (exact) mass is 410 g/mol. The van der Waals surface area contributed by atoms with Crippen LogP contribution in [0.15, 0.2) is 0 Å². The summed E-state index contributed by atoms with van der Waals surface area (Å²) >= 11 is 0. The molecule has 0 radical (unpaired) electrons. The van der Waals surface area contributed by atoms with E-state index >= 15 is 0 Å². The number of esters is 2. The first-order valence-electron chi connectivity index (χ1n) is 8.54. The van der Waals surface area contributed by atoms with Crippen molar-refractivity contribution < 1.29 is 59.3 Å². The predicted octanol–water partition coefficient (Wildman–Crippen LogP) is -1.98. The number of hydrogen-bond donors (Lipinski definition) is 6. The molecule has 12 heteroatoms. The molecule has 0 aliphatic heterocycles. The van der Waals surface area contributed by atoms with Gasteiger partial charge in [-0.3, -0.25) is 0 Å². The first-order chi connectivity index (χ1) is 13.0. The lowest BCUT2D eigenvalue weighted by molar-refractivity contribution is -0.173. The number of carbonyl (C=O) groups is 4. The summed E-state index contributed by atoms with van der Waals surface area (Å²) in [5, 5.41) is 53.5. The molecule has 6 N–H and O–H groups in total. The number of rotatable bonds is 14. The first kappa shape index (κ1) is 25.7. The molecule has 0 saturated carbocycles. The average molecular weight is 410 g/mol. The highest BCUT2D eigenvalue weighted by Gasteiger charge is 2.32. The van der Waals surface area contributed by atoms with E-state index in [9.17, 15) is 29.4 Å². The zero-order valence-corrected chi connectivity index (χ0v) is 15.3. The van der Waals surface area contributed by atoms with Crippen LogP contribution in [0.1, 0.15) is 39.0 Å². The van der Waals surface area contributed by atoms with Gasteiger partial charge in [-0.15, -0.1) is 0 Å². The van der Waals surface area contributed by atoms with Crippen LogP contribution in [0.25, 0.3) is 0 Å². The molecule has 12 nitrogen and oxygen atoms in total. The van der Waals surface area contributed by atoms with E-state index in [0.717, 1.165) is 0 Å². The third-order valence-corrected chi connectivity index (χ3v) is 3.65. The van der Waals surface area contributed by atoms with Crippen molar-refractivity contribution in [2.24, 2.45) is 0 Å². The van der Waals surface area contributed by atoms with Crippen molar-refractivity contribution in [1.82, 2.24) is 0 Å². The van der Waals surface area contributed by atoms with Crippen LogP contribution in [-0.4, -0.2) is 91.6 Å². The number of ether oxygens (including phenoxy) is 2. The molecule has 0 amide bonds. The fourth-order valence-corrected chi connectivity index (χ4v) is 2.00. The molecule has 5 atom stereocenters. The SMILES string of the molecule is CC(CCCCCCOC(=O)C(O)C(O)C(=O)O)OC(=O)C(O)C(O)C(=O)O. The summed E-state index contributed by atoms with van der Waals surface area (Å²) in [7, 11) is 0.